The average molecular weight is 531 g/mol. The zero-order chi connectivity index (χ0) is 24.2. The number of carbonyl (C=O) groups is 2. The van der Waals surface area contributed by atoms with E-state index in [0.717, 1.165) is 17.6 Å². The summed E-state index contributed by atoms with van der Waals surface area (Å²) in [4.78, 5) is 30.2. The number of aliphatic hydroxyl groups is 1. The first-order chi connectivity index (χ1) is 16.5. The number of Topliss-reactive ketones (excluding diaryl/α,β-unsaturated/α-hetero) is 1. The van der Waals surface area contributed by atoms with Crippen LogP contribution in [0.15, 0.2) is 52.5 Å². The van der Waals surface area contributed by atoms with E-state index in [0.29, 0.717) is 48.9 Å². The highest BCUT2D eigenvalue weighted by molar-refractivity contribution is 9.10. The highest BCUT2D eigenvalue weighted by Gasteiger charge is 2.47. The van der Waals surface area contributed by atoms with Crippen LogP contribution in [0.4, 0.5) is 0 Å². The van der Waals surface area contributed by atoms with E-state index in [-0.39, 0.29) is 11.3 Å². The van der Waals surface area contributed by atoms with Crippen molar-refractivity contribution in [2.75, 3.05) is 53.6 Å². The molecule has 4 rings (SSSR count). The second kappa shape index (κ2) is 10.6. The Morgan fingerprint density at radius 2 is 1.76 bits per heavy atom. The number of ketones is 1. The lowest BCUT2D eigenvalue weighted by atomic mass is 9.94. The molecule has 2 fully saturated rings. The molecular formula is C25H27BrN2O6. The number of methoxy groups -OCH3 is 2. The first-order valence-corrected chi connectivity index (χ1v) is 11.8. The summed E-state index contributed by atoms with van der Waals surface area (Å²) in [7, 11) is 3.04. The van der Waals surface area contributed by atoms with Gasteiger partial charge < -0.3 is 24.2 Å². The number of carbonyl (C=O) groups excluding carboxylic acids is 2. The van der Waals surface area contributed by atoms with E-state index in [2.05, 4.69) is 20.8 Å². The number of benzene rings is 2. The zero-order valence-electron chi connectivity index (χ0n) is 19.1. The van der Waals surface area contributed by atoms with Gasteiger partial charge in [0.2, 0.25) is 0 Å². The van der Waals surface area contributed by atoms with Crippen LogP contribution in [0.3, 0.4) is 0 Å². The molecule has 2 aliphatic rings. The maximum Gasteiger partial charge on any atom is 0.295 e. The van der Waals surface area contributed by atoms with Crippen LogP contribution < -0.4 is 9.47 Å². The third-order valence-electron chi connectivity index (χ3n) is 6.15. The summed E-state index contributed by atoms with van der Waals surface area (Å²) in [6, 6.07) is 11.4. The lowest BCUT2D eigenvalue weighted by Gasteiger charge is -2.31. The van der Waals surface area contributed by atoms with Gasteiger partial charge in [0.05, 0.1) is 39.0 Å². The molecule has 9 heteroatoms. The van der Waals surface area contributed by atoms with E-state index in [1.807, 2.05) is 0 Å². The number of hydrogen-bond acceptors (Lipinski definition) is 7. The number of para-hydroxylation sites is 1. The number of ether oxygens (including phenoxy) is 3. The molecule has 2 aliphatic heterocycles. The van der Waals surface area contributed by atoms with Crippen molar-refractivity contribution in [1.29, 1.82) is 0 Å². The van der Waals surface area contributed by atoms with Crippen LogP contribution in [0, 0.1) is 0 Å². The smallest absolute Gasteiger partial charge is 0.295 e. The zero-order valence-corrected chi connectivity index (χ0v) is 20.7. The van der Waals surface area contributed by atoms with Crippen molar-refractivity contribution in [3.8, 4) is 11.5 Å². The number of nitrogens with zero attached hydrogens (tertiary/aromatic N) is 2. The van der Waals surface area contributed by atoms with Crippen LogP contribution >= 0.6 is 15.9 Å². The van der Waals surface area contributed by atoms with Gasteiger partial charge in [-0.25, -0.2) is 0 Å². The van der Waals surface area contributed by atoms with Crippen LogP contribution in [-0.2, 0) is 14.3 Å². The van der Waals surface area contributed by atoms with Gasteiger partial charge in [0.25, 0.3) is 11.7 Å². The lowest BCUT2D eigenvalue weighted by molar-refractivity contribution is -0.140. The number of amides is 1. The summed E-state index contributed by atoms with van der Waals surface area (Å²) >= 11 is 3.38. The van der Waals surface area contributed by atoms with Gasteiger partial charge in [-0.2, -0.15) is 0 Å². The van der Waals surface area contributed by atoms with Gasteiger partial charge in [-0.15, -0.1) is 0 Å². The van der Waals surface area contributed by atoms with Crippen molar-refractivity contribution >= 4 is 33.4 Å². The quantitative estimate of drug-likeness (QED) is 0.334. The minimum Gasteiger partial charge on any atom is -0.507 e. The van der Waals surface area contributed by atoms with Gasteiger partial charge in [-0.1, -0.05) is 40.2 Å². The van der Waals surface area contributed by atoms with Crippen molar-refractivity contribution in [3.05, 3.63) is 63.6 Å². The minimum absolute atomic E-state index is 0.0286. The van der Waals surface area contributed by atoms with E-state index < -0.39 is 17.7 Å². The van der Waals surface area contributed by atoms with Gasteiger partial charge >= 0.3 is 0 Å². The van der Waals surface area contributed by atoms with E-state index >= 15 is 0 Å². The monoisotopic (exact) mass is 530 g/mol. The van der Waals surface area contributed by atoms with Gasteiger partial charge in [-0.05, 0) is 18.2 Å². The summed E-state index contributed by atoms with van der Waals surface area (Å²) in [6.45, 7) is 3.68. The second-order valence-corrected chi connectivity index (χ2v) is 8.95. The summed E-state index contributed by atoms with van der Waals surface area (Å²) in [5.41, 5.74) is 1.05. The molecule has 0 aliphatic carbocycles. The lowest BCUT2D eigenvalue weighted by Crippen LogP contribution is -2.42. The highest BCUT2D eigenvalue weighted by Crippen LogP contribution is 2.45. The van der Waals surface area contributed by atoms with Crippen LogP contribution in [0.2, 0.25) is 0 Å². The second-order valence-electron chi connectivity index (χ2n) is 8.04. The Morgan fingerprint density at radius 3 is 2.41 bits per heavy atom. The molecule has 0 radical (unpaired) electrons. The third-order valence-corrected chi connectivity index (χ3v) is 6.68. The topological polar surface area (TPSA) is 88.5 Å². The molecule has 0 unspecified atom stereocenters. The van der Waals surface area contributed by atoms with E-state index in [1.54, 1.807) is 42.5 Å². The molecule has 2 aromatic rings. The number of hydrogen-bond donors (Lipinski definition) is 1. The number of aliphatic hydroxyl groups excluding tert-OH is 1. The molecule has 1 N–H and O–H groups in total. The van der Waals surface area contributed by atoms with Crippen molar-refractivity contribution in [1.82, 2.24) is 9.80 Å². The van der Waals surface area contributed by atoms with Crippen LogP contribution in [0.5, 0.6) is 11.5 Å². The van der Waals surface area contributed by atoms with E-state index in [4.69, 9.17) is 14.2 Å². The Morgan fingerprint density at radius 1 is 1.06 bits per heavy atom. The van der Waals surface area contributed by atoms with Crippen molar-refractivity contribution in [3.63, 3.8) is 0 Å². The fourth-order valence-corrected chi connectivity index (χ4v) is 4.66. The molecule has 1 atom stereocenters. The molecule has 0 saturated carbocycles. The summed E-state index contributed by atoms with van der Waals surface area (Å²) in [6.07, 6.45) is 0. The summed E-state index contributed by atoms with van der Waals surface area (Å²) in [5.74, 6) is -0.717. The minimum atomic E-state index is -0.824. The molecule has 0 aromatic heterocycles. The van der Waals surface area contributed by atoms with Gasteiger partial charge in [0.15, 0.2) is 11.5 Å². The molecule has 2 heterocycles. The van der Waals surface area contributed by atoms with Crippen LogP contribution in [-0.4, -0.2) is 80.2 Å². The Balaban J connectivity index is 1.81. The number of rotatable bonds is 7. The Bertz CT molecular complexity index is 1100. The molecular weight excluding hydrogens is 504 g/mol. The molecule has 0 bridgehead atoms. The third kappa shape index (κ3) is 4.68. The van der Waals surface area contributed by atoms with Crippen molar-refractivity contribution in [2.24, 2.45) is 0 Å². The fourth-order valence-electron chi connectivity index (χ4n) is 4.40. The largest absolute Gasteiger partial charge is 0.507 e. The average Bonchev–Trinajstić information content (AvgIpc) is 3.12. The molecule has 0 spiro atoms. The molecule has 1 amide bonds. The molecule has 8 nitrogen and oxygen atoms in total. The molecule has 180 valence electrons. The Hall–Kier alpha value is -2.88. The van der Waals surface area contributed by atoms with Gasteiger partial charge in [-0.3, -0.25) is 14.5 Å². The van der Waals surface area contributed by atoms with Gasteiger partial charge in [0, 0.05) is 41.8 Å². The predicted octanol–water partition coefficient (Wildman–Crippen LogP) is 3.22. The maximum absolute atomic E-state index is 13.3. The Kier molecular flexibility index (Phi) is 7.55. The van der Waals surface area contributed by atoms with Crippen molar-refractivity contribution in [2.45, 2.75) is 6.04 Å². The summed E-state index contributed by atoms with van der Waals surface area (Å²) < 4.78 is 17.3. The fraction of sp³-hybridized carbons (Fsp3) is 0.360. The highest BCUT2D eigenvalue weighted by atomic mass is 79.9. The SMILES string of the molecule is COc1cccc([C@H]2C(=C(O)c3ccc(Br)cc3)C(=O)C(=O)N2CCN2CCOCC2)c1OC. The van der Waals surface area contributed by atoms with E-state index in [1.165, 1.54) is 19.1 Å². The molecule has 2 saturated heterocycles. The first-order valence-electron chi connectivity index (χ1n) is 11.0. The molecule has 2 aromatic carbocycles. The standard InChI is InChI=1S/C25H27BrN2O6/c1-32-19-5-3-4-18(24(19)33-2)21-20(22(29)16-6-8-17(26)9-7-16)23(30)25(31)28(21)11-10-27-12-14-34-15-13-27/h3-9,21,29H,10-15H2,1-2H3/t21-/m0/s1. The first kappa shape index (κ1) is 24.3. The number of likely N-dealkylation sites (tertiary alicyclic amines) is 1. The Labute approximate surface area is 206 Å². The van der Waals surface area contributed by atoms with Crippen LogP contribution in [0.1, 0.15) is 17.2 Å². The number of morpholine rings is 1. The predicted molar refractivity (Wildman–Crippen MR) is 130 cm³/mol. The maximum atomic E-state index is 13.3. The normalized spacial score (nSPS) is 20.6. The van der Waals surface area contributed by atoms with Gasteiger partial charge in [0.1, 0.15) is 5.76 Å². The van der Waals surface area contributed by atoms with E-state index in [9.17, 15) is 14.7 Å². The molecule has 34 heavy (non-hydrogen) atoms. The number of halogens is 1. The van der Waals surface area contributed by atoms with Crippen LogP contribution in [0.25, 0.3) is 5.76 Å². The van der Waals surface area contributed by atoms with Crippen molar-refractivity contribution < 1.29 is 28.9 Å². The summed E-state index contributed by atoms with van der Waals surface area (Å²) in [5, 5.41) is 11.2.